The van der Waals surface area contributed by atoms with Crippen LogP contribution in [0.1, 0.15) is 22.9 Å². The first-order valence-electron chi connectivity index (χ1n) is 15.9. The highest BCUT2D eigenvalue weighted by molar-refractivity contribution is 6.19. The van der Waals surface area contributed by atoms with Crippen LogP contribution in [0.15, 0.2) is 178 Å². The molecule has 0 spiro atoms. The van der Waals surface area contributed by atoms with E-state index in [2.05, 4.69) is 121 Å². The quantitative estimate of drug-likeness (QED) is 0.213. The highest BCUT2D eigenvalue weighted by Crippen LogP contribution is 2.43. The van der Waals surface area contributed by atoms with Gasteiger partial charge in [-0.05, 0) is 56.8 Å². The Balaban J connectivity index is 1.29. The van der Waals surface area contributed by atoms with Crippen molar-refractivity contribution in [1.29, 1.82) is 0 Å². The second kappa shape index (κ2) is 11.3. The lowest BCUT2D eigenvalue weighted by atomic mass is 9.88. The van der Waals surface area contributed by atoms with E-state index in [1.165, 1.54) is 21.9 Å². The number of hydrogen-bond acceptors (Lipinski definition) is 4. The number of para-hydroxylation sites is 1. The standard InChI is InChI=1S/C43H29N3O/c1-3-15-29(16-4-1)41-44-42(30-17-5-2-6-18-30)46-43(45-41)31-26-37(40-36-23-11-12-25-38(36)47-39(40)27-31)35-22-10-9-21-34(35)33-24-13-19-28-14-7-8-20-32(28)33/h1-27,41H,(H,44,45,46). The third kappa shape index (κ3) is 4.79. The molecule has 47 heavy (non-hydrogen) atoms. The summed E-state index contributed by atoms with van der Waals surface area (Å²) >= 11 is 0. The Kier molecular flexibility index (Phi) is 6.50. The summed E-state index contributed by atoms with van der Waals surface area (Å²) < 4.78 is 6.57. The van der Waals surface area contributed by atoms with Crippen LogP contribution in [0.2, 0.25) is 0 Å². The molecular weight excluding hydrogens is 574 g/mol. The van der Waals surface area contributed by atoms with Crippen LogP contribution in [0.3, 0.4) is 0 Å². The molecule has 0 bridgehead atoms. The zero-order valence-electron chi connectivity index (χ0n) is 25.5. The fourth-order valence-corrected chi connectivity index (χ4v) is 6.74. The summed E-state index contributed by atoms with van der Waals surface area (Å²) in [6, 6.07) is 56.9. The van der Waals surface area contributed by atoms with Gasteiger partial charge in [-0.1, -0.05) is 146 Å². The molecule has 7 aromatic carbocycles. The fourth-order valence-electron chi connectivity index (χ4n) is 6.74. The minimum Gasteiger partial charge on any atom is -0.456 e. The van der Waals surface area contributed by atoms with Crippen molar-refractivity contribution in [2.24, 2.45) is 9.98 Å². The molecule has 1 unspecified atom stereocenters. The van der Waals surface area contributed by atoms with Gasteiger partial charge in [0, 0.05) is 21.9 Å². The predicted molar refractivity (Wildman–Crippen MR) is 194 cm³/mol. The van der Waals surface area contributed by atoms with Crippen LogP contribution in [0.25, 0.3) is 55.0 Å². The van der Waals surface area contributed by atoms with Gasteiger partial charge in [0.15, 0.2) is 5.84 Å². The van der Waals surface area contributed by atoms with E-state index in [0.29, 0.717) is 5.84 Å². The zero-order valence-corrected chi connectivity index (χ0v) is 25.5. The summed E-state index contributed by atoms with van der Waals surface area (Å²) in [5, 5.41) is 8.27. The number of rotatable bonds is 5. The van der Waals surface area contributed by atoms with E-state index in [1.54, 1.807) is 0 Å². The molecule has 0 fully saturated rings. The normalized spacial score (nSPS) is 14.6. The van der Waals surface area contributed by atoms with Crippen LogP contribution < -0.4 is 5.32 Å². The maximum Gasteiger partial charge on any atom is 0.159 e. The van der Waals surface area contributed by atoms with Crippen LogP contribution in [-0.2, 0) is 0 Å². The van der Waals surface area contributed by atoms with Gasteiger partial charge in [0.25, 0.3) is 0 Å². The molecule has 1 N–H and O–H groups in total. The molecule has 4 nitrogen and oxygen atoms in total. The summed E-state index contributed by atoms with van der Waals surface area (Å²) in [6.45, 7) is 0. The van der Waals surface area contributed by atoms with Gasteiger partial charge in [-0.3, -0.25) is 0 Å². The molecule has 222 valence electrons. The Bertz CT molecular complexity index is 2490. The monoisotopic (exact) mass is 603 g/mol. The fraction of sp³-hybridized carbons (Fsp3) is 0.0233. The summed E-state index contributed by atoms with van der Waals surface area (Å²) in [5.41, 5.74) is 9.24. The number of nitrogens with zero attached hydrogens (tertiary/aromatic N) is 2. The molecule has 8 aromatic rings. The molecule has 0 saturated carbocycles. The van der Waals surface area contributed by atoms with Gasteiger partial charge in [0.05, 0.1) is 0 Å². The first kappa shape index (κ1) is 27.1. The molecule has 1 atom stereocenters. The molecule has 1 aromatic heterocycles. The zero-order chi connectivity index (χ0) is 31.2. The molecule has 1 aliphatic heterocycles. The lowest BCUT2D eigenvalue weighted by Gasteiger charge is -2.24. The lowest BCUT2D eigenvalue weighted by Crippen LogP contribution is -2.33. The molecule has 0 amide bonds. The van der Waals surface area contributed by atoms with Crippen LogP contribution in [0.4, 0.5) is 0 Å². The summed E-state index contributed by atoms with van der Waals surface area (Å²) in [4.78, 5) is 10.2. The Morgan fingerprint density at radius 2 is 1.13 bits per heavy atom. The van der Waals surface area contributed by atoms with Crippen molar-refractivity contribution in [3.8, 4) is 22.3 Å². The van der Waals surface area contributed by atoms with Crippen LogP contribution in [0.5, 0.6) is 0 Å². The van der Waals surface area contributed by atoms with Crippen LogP contribution in [-0.4, -0.2) is 11.7 Å². The van der Waals surface area contributed by atoms with Crippen LogP contribution >= 0.6 is 0 Å². The van der Waals surface area contributed by atoms with Crippen molar-refractivity contribution >= 4 is 44.4 Å². The van der Waals surface area contributed by atoms with Gasteiger partial charge >= 0.3 is 0 Å². The Morgan fingerprint density at radius 1 is 0.489 bits per heavy atom. The molecule has 4 heteroatoms. The van der Waals surface area contributed by atoms with E-state index in [1.807, 2.05) is 48.5 Å². The number of fused-ring (bicyclic) bond motifs is 4. The number of hydrogen-bond donors (Lipinski definition) is 1. The second-order valence-electron chi connectivity index (χ2n) is 11.8. The van der Waals surface area contributed by atoms with Gasteiger partial charge in [0.1, 0.15) is 23.2 Å². The second-order valence-corrected chi connectivity index (χ2v) is 11.8. The Labute approximate surface area is 272 Å². The van der Waals surface area contributed by atoms with Gasteiger partial charge in [0.2, 0.25) is 0 Å². The number of nitrogens with one attached hydrogen (secondary N) is 1. The number of furan rings is 1. The van der Waals surface area contributed by atoms with Crippen molar-refractivity contribution in [3.63, 3.8) is 0 Å². The molecular formula is C43H29N3O. The first-order chi connectivity index (χ1) is 23.3. The van der Waals surface area contributed by atoms with Gasteiger partial charge in [-0.2, -0.15) is 0 Å². The Morgan fingerprint density at radius 3 is 1.96 bits per heavy atom. The van der Waals surface area contributed by atoms with E-state index in [0.717, 1.165) is 55.6 Å². The average Bonchev–Trinajstić information content (AvgIpc) is 3.53. The van der Waals surface area contributed by atoms with E-state index >= 15 is 0 Å². The van der Waals surface area contributed by atoms with Crippen LogP contribution in [0, 0.1) is 0 Å². The van der Waals surface area contributed by atoms with Gasteiger partial charge < -0.3 is 9.73 Å². The number of benzene rings is 7. The van der Waals surface area contributed by atoms with Gasteiger partial charge in [-0.25, -0.2) is 9.98 Å². The maximum absolute atomic E-state index is 6.57. The molecule has 0 radical (unpaired) electrons. The molecule has 1 aliphatic rings. The largest absolute Gasteiger partial charge is 0.456 e. The smallest absolute Gasteiger partial charge is 0.159 e. The molecule has 0 aliphatic carbocycles. The first-order valence-corrected chi connectivity index (χ1v) is 15.9. The van der Waals surface area contributed by atoms with E-state index in [9.17, 15) is 0 Å². The average molecular weight is 604 g/mol. The topological polar surface area (TPSA) is 49.9 Å². The van der Waals surface area contributed by atoms with Crippen molar-refractivity contribution in [1.82, 2.24) is 5.32 Å². The van der Waals surface area contributed by atoms with E-state index in [-0.39, 0.29) is 6.17 Å². The summed E-state index contributed by atoms with van der Waals surface area (Å²) in [5.74, 6) is 1.44. The van der Waals surface area contributed by atoms with E-state index < -0.39 is 0 Å². The minimum absolute atomic E-state index is 0.295. The molecule has 9 rings (SSSR count). The minimum atomic E-state index is -0.295. The molecule has 2 heterocycles. The van der Waals surface area contributed by atoms with Crippen molar-refractivity contribution in [3.05, 3.63) is 180 Å². The summed E-state index contributed by atoms with van der Waals surface area (Å²) in [6.07, 6.45) is -0.295. The SMILES string of the molecule is c1ccc(C2=NC(c3ccccc3)NC(c3cc(-c4ccccc4-c4cccc5ccccc45)c4c(c3)oc3ccccc34)=N2)cc1. The van der Waals surface area contributed by atoms with Crippen molar-refractivity contribution < 1.29 is 4.42 Å². The van der Waals surface area contributed by atoms with Gasteiger partial charge in [-0.15, -0.1) is 0 Å². The van der Waals surface area contributed by atoms with Crippen molar-refractivity contribution in [2.45, 2.75) is 6.17 Å². The number of aliphatic imine (C=N–C) groups is 2. The van der Waals surface area contributed by atoms with Crippen molar-refractivity contribution in [2.75, 3.05) is 0 Å². The highest BCUT2D eigenvalue weighted by Gasteiger charge is 2.24. The molecule has 0 saturated heterocycles. The number of amidine groups is 2. The van der Waals surface area contributed by atoms with E-state index in [4.69, 9.17) is 14.4 Å². The summed E-state index contributed by atoms with van der Waals surface area (Å²) in [7, 11) is 0. The maximum atomic E-state index is 6.57. The Hall–Kier alpha value is -6.26. The highest BCUT2D eigenvalue weighted by atomic mass is 16.3. The third-order valence-electron chi connectivity index (χ3n) is 8.94. The third-order valence-corrected chi connectivity index (χ3v) is 8.94. The lowest BCUT2D eigenvalue weighted by molar-refractivity contribution is 0.666. The predicted octanol–water partition coefficient (Wildman–Crippen LogP) is 10.6.